The van der Waals surface area contributed by atoms with E-state index in [1.54, 1.807) is 12.4 Å². The molecule has 0 saturated heterocycles. The van der Waals surface area contributed by atoms with E-state index in [4.69, 9.17) is 4.74 Å². The quantitative estimate of drug-likeness (QED) is 0.569. The number of nitrogens with one attached hydrogen (secondary N) is 1. The summed E-state index contributed by atoms with van der Waals surface area (Å²) in [7, 11) is 0. The van der Waals surface area contributed by atoms with Gasteiger partial charge in [0.05, 0.1) is 4.47 Å². The molecule has 3 aromatic rings. The fourth-order valence-electron chi connectivity index (χ4n) is 2.59. The number of aromatic nitrogens is 2. The second-order valence-electron chi connectivity index (χ2n) is 6.10. The minimum atomic E-state index is -0.444. The summed E-state index contributed by atoms with van der Waals surface area (Å²) in [6.45, 7) is 1.86. The van der Waals surface area contributed by atoms with Crippen molar-refractivity contribution in [1.82, 2.24) is 15.3 Å². The third kappa shape index (κ3) is 6.35. The molecule has 0 spiro atoms. The number of alkyl carbamates (subject to hydrolysis) is 1. The molecule has 1 heterocycles. The molecule has 0 fully saturated rings. The Hall–Kier alpha value is -2.93. The van der Waals surface area contributed by atoms with Crippen molar-refractivity contribution in [3.05, 3.63) is 88.7 Å². The molecule has 6 nitrogen and oxygen atoms in total. The van der Waals surface area contributed by atoms with Crippen LogP contribution in [0.25, 0.3) is 0 Å². The third-order valence-corrected chi connectivity index (χ3v) is 4.38. The summed E-state index contributed by atoms with van der Waals surface area (Å²) in [6, 6.07) is 19.7. The molecular weight excluding hydrogens is 420 g/mol. The van der Waals surface area contributed by atoms with Crippen LogP contribution in [-0.4, -0.2) is 29.2 Å². The van der Waals surface area contributed by atoms with Crippen molar-refractivity contribution < 1.29 is 9.53 Å². The van der Waals surface area contributed by atoms with Crippen LogP contribution in [0, 0.1) is 0 Å². The lowest BCUT2D eigenvalue weighted by Crippen LogP contribution is -2.35. The van der Waals surface area contributed by atoms with Gasteiger partial charge in [-0.1, -0.05) is 60.7 Å². The van der Waals surface area contributed by atoms with Gasteiger partial charge in [-0.15, -0.1) is 0 Å². The Labute approximate surface area is 172 Å². The molecule has 0 unspecified atom stereocenters. The predicted octanol–water partition coefficient (Wildman–Crippen LogP) is 4.17. The summed E-state index contributed by atoms with van der Waals surface area (Å²) in [5.74, 6) is 0.603. The van der Waals surface area contributed by atoms with Crippen LogP contribution in [0.1, 0.15) is 11.1 Å². The van der Waals surface area contributed by atoms with Crippen LogP contribution < -0.4 is 10.2 Å². The first-order valence-corrected chi connectivity index (χ1v) is 9.71. The molecule has 0 bridgehead atoms. The molecule has 0 aliphatic carbocycles. The van der Waals surface area contributed by atoms with Crippen LogP contribution in [0.4, 0.5) is 10.7 Å². The fraction of sp³-hybridized carbons (Fsp3) is 0.190. The zero-order valence-corrected chi connectivity index (χ0v) is 16.9. The van der Waals surface area contributed by atoms with Crippen molar-refractivity contribution in [3.8, 4) is 0 Å². The number of carbonyl (C=O) groups excluding carboxylic acids is 1. The van der Waals surface area contributed by atoms with Gasteiger partial charge in [-0.2, -0.15) is 0 Å². The van der Waals surface area contributed by atoms with E-state index in [-0.39, 0.29) is 6.61 Å². The Kier molecular flexibility index (Phi) is 7.37. The molecule has 7 heteroatoms. The standard InChI is InChI=1S/C21H21BrN4O2/c22-19-13-24-20(25-14-19)26(15-17-7-3-1-4-8-17)12-11-23-21(27)28-16-18-9-5-2-6-10-18/h1-10,13-14H,11-12,15-16H2,(H,23,27). The summed E-state index contributed by atoms with van der Waals surface area (Å²) in [6.07, 6.45) is 2.98. The van der Waals surface area contributed by atoms with Gasteiger partial charge in [-0.25, -0.2) is 14.8 Å². The normalized spacial score (nSPS) is 10.3. The van der Waals surface area contributed by atoms with Crippen LogP contribution in [0.15, 0.2) is 77.5 Å². The summed E-state index contributed by atoms with van der Waals surface area (Å²) in [5.41, 5.74) is 2.09. The summed E-state index contributed by atoms with van der Waals surface area (Å²) in [4.78, 5) is 22.7. The summed E-state index contributed by atoms with van der Waals surface area (Å²) < 4.78 is 6.06. The Bertz CT molecular complexity index is 861. The van der Waals surface area contributed by atoms with E-state index in [9.17, 15) is 4.79 Å². The highest BCUT2D eigenvalue weighted by Crippen LogP contribution is 2.14. The van der Waals surface area contributed by atoms with Crippen molar-refractivity contribution >= 4 is 28.0 Å². The SMILES string of the molecule is O=C(NCCN(Cc1ccccc1)c1ncc(Br)cn1)OCc1ccccc1. The second-order valence-corrected chi connectivity index (χ2v) is 7.01. The molecule has 3 rings (SSSR count). The Morgan fingerprint density at radius 3 is 2.21 bits per heavy atom. The number of hydrogen-bond acceptors (Lipinski definition) is 5. The summed E-state index contributed by atoms with van der Waals surface area (Å²) >= 11 is 3.35. The first kappa shape index (κ1) is 19.8. The van der Waals surface area contributed by atoms with Gasteiger partial charge in [-0.05, 0) is 27.1 Å². The molecule has 2 aromatic carbocycles. The molecule has 0 aliphatic heterocycles. The number of rotatable bonds is 8. The Morgan fingerprint density at radius 1 is 0.964 bits per heavy atom. The van der Waals surface area contributed by atoms with Gasteiger partial charge in [-0.3, -0.25) is 0 Å². The summed E-state index contributed by atoms with van der Waals surface area (Å²) in [5, 5.41) is 2.78. The first-order valence-electron chi connectivity index (χ1n) is 8.91. The van der Waals surface area contributed by atoms with Crippen molar-refractivity contribution in [2.75, 3.05) is 18.0 Å². The van der Waals surface area contributed by atoms with Crippen LogP contribution in [0.3, 0.4) is 0 Å². The van der Waals surface area contributed by atoms with E-state index >= 15 is 0 Å². The van der Waals surface area contributed by atoms with E-state index in [1.807, 2.05) is 65.6 Å². The van der Waals surface area contributed by atoms with E-state index in [2.05, 4.69) is 31.2 Å². The monoisotopic (exact) mass is 440 g/mol. The lowest BCUT2D eigenvalue weighted by molar-refractivity contribution is 0.140. The fourth-order valence-corrected chi connectivity index (χ4v) is 2.79. The molecule has 1 aromatic heterocycles. The zero-order chi connectivity index (χ0) is 19.6. The van der Waals surface area contributed by atoms with E-state index < -0.39 is 6.09 Å². The maximum absolute atomic E-state index is 11.9. The van der Waals surface area contributed by atoms with E-state index in [0.29, 0.717) is 25.6 Å². The van der Waals surface area contributed by atoms with Gasteiger partial charge in [0, 0.05) is 32.0 Å². The molecule has 28 heavy (non-hydrogen) atoms. The average Bonchev–Trinajstić information content (AvgIpc) is 2.74. The minimum absolute atomic E-state index is 0.246. The van der Waals surface area contributed by atoms with Crippen molar-refractivity contribution in [2.24, 2.45) is 0 Å². The Morgan fingerprint density at radius 2 is 1.57 bits per heavy atom. The van der Waals surface area contributed by atoms with Crippen LogP contribution >= 0.6 is 15.9 Å². The number of nitrogens with zero attached hydrogens (tertiary/aromatic N) is 3. The van der Waals surface area contributed by atoms with Crippen LogP contribution in [0.2, 0.25) is 0 Å². The van der Waals surface area contributed by atoms with E-state index in [1.165, 1.54) is 0 Å². The molecule has 0 aliphatic rings. The molecule has 144 valence electrons. The van der Waals surface area contributed by atoms with Crippen LogP contribution in [0.5, 0.6) is 0 Å². The molecule has 0 saturated carbocycles. The second kappa shape index (κ2) is 10.4. The van der Waals surface area contributed by atoms with Gasteiger partial charge in [0.2, 0.25) is 5.95 Å². The Balaban J connectivity index is 1.53. The number of benzene rings is 2. The highest BCUT2D eigenvalue weighted by atomic mass is 79.9. The number of hydrogen-bond donors (Lipinski definition) is 1. The number of ether oxygens (including phenoxy) is 1. The predicted molar refractivity (Wildman–Crippen MR) is 112 cm³/mol. The van der Waals surface area contributed by atoms with E-state index in [0.717, 1.165) is 15.6 Å². The largest absolute Gasteiger partial charge is 0.445 e. The number of halogens is 1. The average molecular weight is 441 g/mol. The van der Waals surface area contributed by atoms with Crippen molar-refractivity contribution in [3.63, 3.8) is 0 Å². The third-order valence-electron chi connectivity index (χ3n) is 3.97. The highest BCUT2D eigenvalue weighted by Gasteiger charge is 2.11. The maximum atomic E-state index is 11.9. The molecule has 0 radical (unpaired) electrons. The molecular formula is C21H21BrN4O2. The zero-order valence-electron chi connectivity index (χ0n) is 15.3. The topological polar surface area (TPSA) is 67.4 Å². The molecule has 0 atom stereocenters. The van der Waals surface area contributed by atoms with Crippen molar-refractivity contribution in [2.45, 2.75) is 13.2 Å². The molecule has 1 N–H and O–H groups in total. The molecule has 1 amide bonds. The number of amides is 1. The van der Waals surface area contributed by atoms with Gasteiger partial charge in [0.15, 0.2) is 0 Å². The lowest BCUT2D eigenvalue weighted by atomic mass is 10.2. The first-order chi connectivity index (χ1) is 13.7. The number of carbonyl (C=O) groups is 1. The van der Waals surface area contributed by atoms with Gasteiger partial charge in [0.25, 0.3) is 0 Å². The van der Waals surface area contributed by atoms with Gasteiger partial charge >= 0.3 is 6.09 Å². The maximum Gasteiger partial charge on any atom is 0.407 e. The van der Waals surface area contributed by atoms with Gasteiger partial charge < -0.3 is 15.0 Å². The van der Waals surface area contributed by atoms with Crippen molar-refractivity contribution in [1.29, 1.82) is 0 Å². The van der Waals surface area contributed by atoms with Crippen LogP contribution in [-0.2, 0) is 17.9 Å². The minimum Gasteiger partial charge on any atom is -0.445 e. The lowest BCUT2D eigenvalue weighted by Gasteiger charge is -2.22. The van der Waals surface area contributed by atoms with Gasteiger partial charge in [0.1, 0.15) is 6.61 Å². The highest BCUT2D eigenvalue weighted by molar-refractivity contribution is 9.10. The smallest absolute Gasteiger partial charge is 0.407 e. The number of anilines is 1.